The van der Waals surface area contributed by atoms with Gasteiger partial charge in [-0.05, 0) is 24.1 Å². The predicted octanol–water partition coefficient (Wildman–Crippen LogP) is 2.31. The molecular weight excluding hydrogens is 148 g/mol. The molecule has 0 spiro atoms. The maximum Gasteiger partial charge on any atom is 0.0507 e. The van der Waals surface area contributed by atoms with Gasteiger partial charge < -0.3 is 10.7 Å². The fraction of sp³-hybridized carbons (Fsp3) is 0.200. The van der Waals surface area contributed by atoms with Crippen LogP contribution in [0.15, 0.2) is 24.4 Å². The minimum Gasteiger partial charge on any atom is -0.398 e. The summed E-state index contributed by atoms with van der Waals surface area (Å²) in [6.45, 7) is 2.14. The van der Waals surface area contributed by atoms with E-state index < -0.39 is 0 Å². The van der Waals surface area contributed by atoms with E-state index in [9.17, 15) is 0 Å². The first-order valence-corrected chi connectivity index (χ1v) is 4.17. The van der Waals surface area contributed by atoms with Crippen molar-refractivity contribution in [3.8, 4) is 0 Å². The lowest BCUT2D eigenvalue weighted by molar-refractivity contribution is 1.15. The minimum atomic E-state index is 0.850. The number of nitrogens with two attached hydrogens (primary N) is 1. The fourth-order valence-electron chi connectivity index (χ4n) is 1.53. The minimum absolute atomic E-state index is 0.850. The van der Waals surface area contributed by atoms with Crippen LogP contribution in [0.2, 0.25) is 0 Å². The Hall–Kier alpha value is -1.44. The number of rotatable bonds is 1. The Morgan fingerprint density at radius 2 is 2.17 bits per heavy atom. The number of nitrogens with one attached hydrogen (secondary N) is 1. The van der Waals surface area contributed by atoms with Crippen LogP contribution in [0.1, 0.15) is 12.5 Å². The van der Waals surface area contributed by atoms with Crippen LogP contribution in [-0.4, -0.2) is 4.98 Å². The monoisotopic (exact) mass is 160 g/mol. The number of benzene rings is 1. The molecule has 2 rings (SSSR count). The number of aromatic amines is 1. The molecule has 0 saturated carbocycles. The third kappa shape index (κ3) is 0.881. The van der Waals surface area contributed by atoms with Crippen molar-refractivity contribution in [2.75, 3.05) is 5.73 Å². The molecular formula is C10H12N2. The Kier molecular flexibility index (Phi) is 1.54. The lowest BCUT2D eigenvalue weighted by Crippen LogP contribution is -1.88. The molecule has 0 atom stereocenters. The maximum atomic E-state index is 5.80. The second-order valence-corrected chi connectivity index (χ2v) is 2.93. The lowest BCUT2D eigenvalue weighted by Gasteiger charge is -2.01. The van der Waals surface area contributed by atoms with E-state index in [1.807, 2.05) is 18.3 Å². The summed E-state index contributed by atoms with van der Waals surface area (Å²) in [5, 5.41) is 1.13. The standard InChI is InChI=1S/C10H12N2/c1-2-7-3-4-9(11)8-5-6-12-10(7)8/h3-6,12H,2,11H2,1H3. The summed E-state index contributed by atoms with van der Waals surface area (Å²) in [5.41, 5.74) is 9.16. The second-order valence-electron chi connectivity index (χ2n) is 2.93. The van der Waals surface area contributed by atoms with Crippen molar-refractivity contribution in [1.82, 2.24) is 4.98 Å². The first-order chi connectivity index (χ1) is 5.83. The number of hydrogen-bond donors (Lipinski definition) is 2. The van der Waals surface area contributed by atoms with E-state index in [0.717, 1.165) is 17.5 Å². The summed E-state index contributed by atoms with van der Waals surface area (Å²) in [6.07, 6.45) is 2.97. The van der Waals surface area contributed by atoms with Gasteiger partial charge in [-0.25, -0.2) is 0 Å². The number of fused-ring (bicyclic) bond motifs is 1. The Balaban J connectivity index is 2.82. The molecule has 0 unspecified atom stereocenters. The molecule has 1 heterocycles. The van der Waals surface area contributed by atoms with Gasteiger partial charge in [0.05, 0.1) is 5.52 Å². The molecule has 0 fully saturated rings. The maximum absolute atomic E-state index is 5.80. The van der Waals surface area contributed by atoms with Crippen LogP contribution in [0.25, 0.3) is 10.9 Å². The highest BCUT2D eigenvalue weighted by atomic mass is 14.7. The van der Waals surface area contributed by atoms with Crippen LogP contribution < -0.4 is 5.73 Å². The van der Waals surface area contributed by atoms with Crippen LogP contribution in [0.5, 0.6) is 0 Å². The molecule has 0 amide bonds. The molecule has 62 valence electrons. The molecule has 1 aromatic carbocycles. The summed E-state index contributed by atoms with van der Waals surface area (Å²) in [4.78, 5) is 3.20. The fourth-order valence-corrected chi connectivity index (χ4v) is 1.53. The van der Waals surface area contributed by atoms with Crippen molar-refractivity contribution in [2.45, 2.75) is 13.3 Å². The van der Waals surface area contributed by atoms with Crippen LogP contribution in [-0.2, 0) is 6.42 Å². The molecule has 0 radical (unpaired) electrons. The molecule has 2 nitrogen and oxygen atoms in total. The molecule has 0 bridgehead atoms. The van der Waals surface area contributed by atoms with Gasteiger partial charge in [-0.15, -0.1) is 0 Å². The first-order valence-electron chi connectivity index (χ1n) is 4.17. The second kappa shape index (κ2) is 2.55. The lowest BCUT2D eigenvalue weighted by atomic mass is 10.1. The average molecular weight is 160 g/mol. The quantitative estimate of drug-likeness (QED) is 0.617. The van der Waals surface area contributed by atoms with E-state index in [2.05, 4.69) is 18.0 Å². The zero-order valence-corrected chi connectivity index (χ0v) is 7.09. The van der Waals surface area contributed by atoms with Gasteiger partial charge in [0, 0.05) is 17.3 Å². The number of aryl methyl sites for hydroxylation is 1. The smallest absolute Gasteiger partial charge is 0.0507 e. The highest BCUT2D eigenvalue weighted by molar-refractivity contribution is 5.92. The van der Waals surface area contributed by atoms with Crippen molar-refractivity contribution in [3.05, 3.63) is 30.0 Å². The topological polar surface area (TPSA) is 41.8 Å². The van der Waals surface area contributed by atoms with Crippen LogP contribution in [0.3, 0.4) is 0 Å². The van der Waals surface area contributed by atoms with Gasteiger partial charge in [0.2, 0.25) is 0 Å². The average Bonchev–Trinajstić information content (AvgIpc) is 2.54. The molecule has 0 saturated heterocycles. The summed E-state index contributed by atoms with van der Waals surface area (Å²) in [7, 11) is 0. The van der Waals surface area contributed by atoms with Crippen molar-refractivity contribution >= 4 is 16.6 Å². The molecule has 3 N–H and O–H groups in total. The Morgan fingerprint density at radius 1 is 1.33 bits per heavy atom. The van der Waals surface area contributed by atoms with Crippen molar-refractivity contribution in [2.24, 2.45) is 0 Å². The van der Waals surface area contributed by atoms with Crippen molar-refractivity contribution in [3.63, 3.8) is 0 Å². The molecule has 2 aromatic rings. The third-order valence-electron chi connectivity index (χ3n) is 2.22. The zero-order valence-electron chi connectivity index (χ0n) is 7.09. The largest absolute Gasteiger partial charge is 0.398 e. The van der Waals surface area contributed by atoms with Gasteiger partial charge in [0.1, 0.15) is 0 Å². The van der Waals surface area contributed by atoms with Crippen LogP contribution in [0, 0.1) is 0 Å². The van der Waals surface area contributed by atoms with Gasteiger partial charge >= 0.3 is 0 Å². The van der Waals surface area contributed by atoms with Crippen molar-refractivity contribution in [1.29, 1.82) is 0 Å². The Bertz CT molecular complexity index is 401. The SMILES string of the molecule is CCc1ccc(N)c2cc[nH]c12. The summed E-state index contributed by atoms with van der Waals surface area (Å²) < 4.78 is 0. The highest BCUT2D eigenvalue weighted by Gasteiger charge is 2.02. The zero-order chi connectivity index (χ0) is 8.55. The predicted molar refractivity (Wildman–Crippen MR) is 52.1 cm³/mol. The number of H-pyrrole nitrogens is 1. The molecule has 0 aliphatic heterocycles. The molecule has 0 aliphatic rings. The summed E-state index contributed by atoms with van der Waals surface area (Å²) >= 11 is 0. The normalized spacial score (nSPS) is 10.8. The van der Waals surface area contributed by atoms with Gasteiger partial charge in [-0.1, -0.05) is 13.0 Å². The number of anilines is 1. The molecule has 0 aliphatic carbocycles. The van der Waals surface area contributed by atoms with E-state index in [0.29, 0.717) is 0 Å². The summed E-state index contributed by atoms with van der Waals surface area (Å²) in [6, 6.07) is 6.06. The van der Waals surface area contributed by atoms with E-state index in [-0.39, 0.29) is 0 Å². The number of aromatic nitrogens is 1. The van der Waals surface area contributed by atoms with Crippen LogP contribution >= 0.6 is 0 Å². The molecule has 2 heteroatoms. The van der Waals surface area contributed by atoms with Gasteiger partial charge in [0.15, 0.2) is 0 Å². The Labute approximate surface area is 71.4 Å². The van der Waals surface area contributed by atoms with E-state index >= 15 is 0 Å². The van der Waals surface area contributed by atoms with E-state index in [1.54, 1.807) is 0 Å². The number of nitrogen functional groups attached to an aromatic ring is 1. The Morgan fingerprint density at radius 3 is 2.92 bits per heavy atom. The first kappa shape index (κ1) is 7.22. The molecule has 12 heavy (non-hydrogen) atoms. The summed E-state index contributed by atoms with van der Waals surface area (Å²) in [5.74, 6) is 0. The highest BCUT2D eigenvalue weighted by Crippen LogP contribution is 2.23. The van der Waals surface area contributed by atoms with E-state index in [1.165, 1.54) is 11.1 Å². The number of hydrogen-bond acceptors (Lipinski definition) is 1. The molecule has 1 aromatic heterocycles. The van der Waals surface area contributed by atoms with E-state index in [4.69, 9.17) is 5.73 Å². The van der Waals surface area contributed by atoms with Crippen LogP contribution in [0.4, 0.5) is 5.69 Å². The van der Waals surface area contributed by atoms with Gasteiger partial charge in [-0.3, -0.25) is 0 Å². The van der Waals surface area contributed by atoms with Gasteiger partial charge in [-0.2, -0.15) is 0 Å². The van der Waals surface area contributed by atoms with Crippen molar-refractivity contribution < 1.29 is 0 Å². The third-order valence-corrected chi connectivity index (χ3v) is 2.22. The van der Waals surface area contributed by atoms with Gasteiger partial charge in [0.25, 0.3) is 0 Å².